The molecule has 4 unspecified atom stereocenters. The first-order valence-electron chi connectivity index (χ1n) is 10.9. The van der Waals surface area contributed by atoms with E-state index in [1.165, 1.54) is 0 Å². The van der Waals surface area contributed by atoms with Crippen LogP contribution in [0.5, 0.6) is 0 Å². The Balaban J connectivity index is 1.36. The second-order valence-electron chi connectivity index (χ2n) is 9.93. The molecule has 3 N–H and O–H groups in total. The lowest BCUT2D eigenvalue weighted by atomic mass is 9.49. The van der Waals surface area contributed by atoms with E-state index in [1.807, 2.05) is 18.3 Å². The number of benzene rings is 1. The second kappa shape index (κ2) is 6.50. The standard InChI is InChI=1S/C22H27N2O5P/c25-22-8-13-5-14(9-22)21(15(6-13)10-22)20(29-30(26,27)28)7-18-16-3-1-2-4-17(16)19-11-23-12-24(18)19/h1-4,11-15,18,20-21,25H,5-10H2,(H2,26,27,28). The first kappa shape index (κ1) is 19.2. The van der Waals surface area contributed by atoms with Crippen molar-refractivity contribution in [1.29, 1.82) is 0 Å². The van der Waals surface area contributed by atoms with Crippen molar-refractivity contribution in [3.05, 3.63) is 42.4 Å². The maximum atomic E-state index is 12.0. The topological polar surface area (TPSA) is 105 Å². The minimum Gasteiger partial charge on any atom is -0.390 e. The maximum Gasteiger partial charge on any atom is 0.469 e. The van der Waals surface area contributed by atoms with E-state index in [2.05, 4.69) is 21.7 Å². The van der Waals surface area contributed by atoms with Gasteiger partial charge in [-0.15, -0.1) is 0 Å². The fourth-order valence-electron chi connectivity index (χ4n) is 7.47. The lowest BCUT2D eigenvalue weighted by Crippen LogP contribution is -2.57. The predicted octanol–water partition coefficient (Wildman–Crippen LogP) is 3.51. The average Bonchev–Trinajstić information content (AvgIpc) is 3.21. The van der Waals surface area contributed by atoms with Crippen LogP contribution in [-0.4, -0.2) is 36.1 Å². The first-order chi connectivity index (χ1) is 14.3. The molecule has 4 saturated carbocycles. The molecule has 4 atom stereocenters. The van der Waals surface area contributed by atoms with Gasteiger partial charge < -0.3 is 19.5 Å². The van der Waals surface area contributed by atoms with Crippen LogP contribution in [0, 0.1) is 23.7 Å². The Morgan fingerprint density at radius 2 is 1.93 bits per heavy atom. The summed E-state index contributed by atoms with van der Waals surface area (Å²) in [6.45, 7) is 0. The number of phosphoric acid groups is 1. The van der Waals surface area contributed by atoms with Crippen molar-refractivity contribution in [2.75, 3.05) is 0 Å². The van der Waals surface area contributed by atoms with E-state index in [0.29, 0.717) is 12.3 Å². The van der Waals surface area contributed by atoms with E-state index in [0.717, 1.165) is 48.9 Å². The van der Waals surface area contributed by atoms with Gasteiger partial charge in [0.15, 0.2) is 0 Å². The van der Waals surface area contributed by atoms with E-state index >= 15 is 0 Å². The van der Waals surface area contributed by atoms with Crippen LogP contribution in [-0.2, 0) is 9.09 Å². The van der Waals surface area contributed by atoms with Crippen LogP contribution >= 0.6 is 7.82 Å². The highest BCUT2D eigenvalue weighted by Crippen LogP contribution is 2.61. The summed E-state index contributed by atoms with van der Waals surface area (Å²) in [6, 6.07) is 8.10. The summed E-state index contributed by atoms with van der Waals surface area (Å²) in [7, 11) is -4.65. The third-order valence-corrected chi connectivity index (χ3v) is 8.61. The normalized spacial score (nSPS) is 37.2. The molecule has 160 valence electrons. The van der Waals surface area contributed by atoms with Crippen LogP contribution in [0.1, 0.15) is 50.1 Å². The molecule has 1 aromatic heterocycles. The smallest absolute Gasteiger partial charge is 0.390 e. The van der Waals surface area contributed by atoms with Crippen LogP contribution in [0.3, 0.4) is 0 Å². The fourth-order valence-corrected chi connectivity index (χ4v) is 8.05. The molecule has 5 aliphatic rings. The molecule has 4 fully saturated rings. The Bertz CT molecular complexity index is 1020. The number of fused-ring (bicyclic) bond motifs is 3. The highest BCUT2D eigenvalue weighted by atomic mass is 31.2. The molecule has 0 radical (unpaired) electrons. The molecule has 0 spiro atoms. The molecule has 1 aromatic carbocycles. The Labute approximate surface area is 175 Å². The predicted molar refractivity (Wildman–Crippen MR) is 109 cm³/mol. The molecular formula is C22H27N2O5P. The van der Waals surface area contributed by atoms with Gasteiger partial charge in [0.05, 0.1) is 36.0 Å². The highest BCUT2D eigenvalue weighted by molar-refractivity contribution is 7.46. The van der Waals surface area contributed by atoms with Crippen molar-refractivity contribution in [2.24, 2.45) is 23.7 Å². The Kier molecular flexibility index (Phi) is 4.16. The van der Waals surface area contributed by atoms with Crippen LogP contribution in [0.25, 0.3) is 11.3 Å². The summed E-state index contributed by atoms with van der Waals surface area (Å²) in [5.41, 5.74) is 2.72. The minimum atomic E-state index is -4.65. The van der Waals surface area contributed by atoms with Gasteiger partial charge in [0.25, 0.3) is 0 Å². The third-order valence-electron chi connectivity index (χ3n) is 8.07. The summed E-state index contributed by atoms with van der Waals surface area (Å²) in [4.78, 5) is 23.8. The molecular weight excluding hydrogens is 403 g/mol. The third kappa shape index (κ3) is 3.02. The molecule has 2 heterocycles. The zero-order chi connectivity index (χ0) is 20.7. The SMILES string of the molecule is O=P(O)(O)OC(CC1c2ccccc2-c2cncn21)C1C2CC3CC1CC(O)(C3)C2. The van der Waals surface area contributed by atoms with Crippen molar-refractivity contribution in [2.45, 2.75) is 56.3 Å². The number of aliphatic hydroxyl groups is 1. The molecule has 4 bridgehead atoms. The van der Waals surface area contributed by atoms with E-state index in [1.54, 1.807) is 6.33 Å². The van der Waals surface area contributed by atoms with E-state index < -0.39 is 19.5 Å². The summed E-state index contributed by atoms with van der Waals surface area (Å²) in [6.07, 6.45) is 7.97. The van der Waals surface area contributed by atoms with Gasteiger partial charge in [-0.25, -0.2) is 9.55 Å². The monoisotopic (exact) mass is 430 g/mol. The number of rotatable bonds is 5. The van der Waals surface area contributed by atoms with Crippen LogP contribution in [0.15, 0.2) is 36.8 Å². The summed E-state index contributed by atoms with van der Waals surface area (Å²) in [5, 5.41) is 10.9. The number of hydrogen-bond acceptors (Lipinski definition) is 4. The highest BCUT2D eigenvalue weighted by Gasteiger charge is 2.57. The summed E-state index contributed by atoms with van der Waals surface area (Å²) in [5.74, 6) is 1.12. The van der Waals surface area contributed by atoms with Crippen LogP contribution in [0.4, 0.5) is 0 Å². The molecule has 0 saturated heterocycles. The van der Waals surface area contributed by atoms with Crippen LogP contribution in [0.2, 0.25) is 0 Å². The molecule has 2 aromatic rings. The number of hydrogen-bond donors (Lipinski definition) is 3. The minimum absolute atomic E-state index is 0.0597. The Morgan fingerprint density at radius 1 is 1.20 bits per heavy atom. The number of phosphoric ester groups is 1. The largest absolute Gasteiger partial charge is 0.469 e. The lowest BCUT2D eigenvalue weighted by Gasteiger charge is -2.59. The van der Waals surface area contributed by atoms with Gasteiger partial charge in [0.1, 0.15) is 0 Å². The van der Waals surface area contributed by atoms with Crippen molar-refractivity contribution in [1.82, 2.24) is 9.55 Å². The van der Waals surface area contributed by atoms with E-state index in [9.17, 15) is 19.5 Å². The number of aromatic nitrogens is 2. The van der Waals surface area contributed by atoms with Crippen molar-refractivity contribution in [3.8, 4) is 11.3 Å². The molecule has 7 nitrogen and oxygen atoms in total. The van der Waals surface area contributed by atoms with Crippen LogP contribution < -0.4 is 0 Å². The van der Waals surface area contributed by atoms with Crippen molar-refractivity contribution >= 4 is 7.82 Å². The first-order valence-corrected chi connectivity index (χ1v) is 12.4. The maximum absolute atomic E-state index is 12.0. The Morgan fingerprint density at radius 3 is 2.63 bits per heavy atom. The lowest BCUT2D eigenvalue weighted by molar-refractivity contribution is -0.172. The number of nitrogens with zero attached hydrogens (tertiary/aromatic N) is 2. The zero-order valence-electron chi connectivity index (χ0n) is 16.7. The van der Waals surface area contributed by atoms with E-state index in [-0.39, 0.29) is 23.8 Å². The molecule has 7 rings (SSSR count). The second-order valence-corrected chi connectivity index (χ2v) is 11.1. The van der Waals surface area contributed by atoms with Gasteiger partial charge in [0, 0.05) is 5.56 Å². The van der Waals surface area contributed by atoms with Gasteiger partial charge in [-0.1, -0.05) is 24.3 Å². The molecule has 30 heavy (non-hydrogen) atoms. The van der Waals surface area contributed by atoms with Gasteiger partial charge in [-0.2, -0.15) is 0 Å². The summed E-state index contributed by atoms with van der Waals surface area (Å²) < 4.78 is 19.6. The fraction of sp³-hybridized carbons (Fsp3) is 0.591. The summed E-state index contributed by atoms with van der Waals surface area (Å²) >= 11 is 0. The molecule has 0 amide bonds. The average molecular weight is 430 g/mol. The van der Waals surface area contributed by atoms with Gasteiger partial charge in [-0.3, -0.25) is 4.52 Å². The molecule has 4 aliphatic carbocycles. The number of imidazole rings is 1. The van der Waals surface area contributed by atoms with Gasteiger partial charge in [-0.05, 0) is 67.8 Å². The van der Waals surface area contributed by atoms with Crippen molar-refractivity contribution in [3.63, 3.8) is 0 Å². The van der Waals surface area contributed by atoms with Gasteiger partial charge >= 0.3 is 7.82 Å². The molecule has 1 aliphatic heterocycles. The molecule has 8 heteroatoms. The zero-order valence-corrected chi connectivity index (χ0v) is 17.6. The van der Waals surface area contributed by atoms with E-state index in [4.69, 9.17) is 4.52 Å². The Hall–Kier alpha value is -1.50. The van der Waals surface area contributed by atoms with Gasteiger partial charge in [0.2, 0.25) is 0 Å². The quantitative estimate of drug-likeness (QED) is 0.627. The van der Waals surface area contributed by atoms with Crippen molar-refractivity contribution < 1.29 is 24.0 Å².